The third-order valence-electron chi connectivity index (χ3n) is 2.95. The lowest BCUT2D eigenvalue weighted by Gasteiger charge is -2.26. The number of hydrogen-bond acceptors (Lipinski definition) is 4. The van der Waals surface area contributed by atoms with Crippen LogP contribution in [0.15, 0.2) is 12.1 Å². The zero-order valence-electron chi connectivity index (χ0n) is 11.0. The minimum absolute atomic E-state index is 0.0750. The van der Waals surface area contributed by atoms with Crippen molar-refractivity contribution in [2.45, 2.75) is 13.3 Å². The van der Waals surface area contributed by atoms with Crippen molar-refractivity contribution in [3.05, 3.63) is 21.9 Å². The Morgan fingerprint density at radius 2 is 2.11 bits per heavy atom. The Hall–Kier alpha value is -1.40. The first-order valence-electron chi connectivity index (χ1n) is 6.37. The van der Waals surface area contributed by atoms with Crippen molar-refractivity contribution in [3.8, 4) is 0 Å². The van der Waals surface area contributed by atoms with Crippen LogP contribution in [0.2, 0.25) is 0 Å². The molecular weight excluding hydrogens is 264 g/mol. The van der Waals surface area contributed by atoms with Crippen LogP contribution in [0.3, 0.4) is 0 Å². The third-order valence-corrected chi connectivity index (χ3v) is 3.95. The molecule has 1 aromatic rings. The van der Waals surface area contributed by atoms with Crippen LogP contribution in [0.1, 0.15) is 21.0 Å². The van der Waals surface area contributed by atoms with Gasteiger partial charge in [-0.1, -0.05) is 0 Å². The van der Waals surface area contributed by atoms with E-state index in [2.05, 4.69) is 5.32 Å². The van der Waals surface area contributed by atoms with Gasteiger partial charge < -0.3 is 15.0 Å². The number of carbonyl (C=O) groups excluding carboxylic acids is 2. The molecule has 0 radical (unpaired) electrons. The lowest BCUT2D eigenvalue weighted by Crippen LogP contribution is -2.41. The normalized spacial score (nSPS) is 15.3. The van der Waals surface area contributed by atoms with Crippen molar-refractivity contribution in [1.82, 2.24) is 10.2 Å². The fourth-order valence-corrected chi connectivity index (χ4v) is 2.68. The van der Waals surface area contributed by atoms with E-state index in [0.717, 1.165) is 4.88 Å². The molecular formula is C13H18N2O3S. The van der Waals surface area contributed by atoms with E-state index in [1.165, 1.54) is 11.3 Å². The van der Waals surface area contributed by atoms with Crippen LogP contribution in [0, 0.1) is 6.92 Å². The van der Waals surface area contributed by atoms with E-state index in [0.29, 0.717) is 44.1 Å². The minimum Gasteiger partial charge on any atom is -0.378 e. The second-order valence-electron chi connectivity index (χ2n) is 4.41. The second kappa shape index (κ2) is 6.68. The monoisotopic (exact) mass is 282 g/mol. The molecule has 6 heteroatoms. The molecule has 1 fully saturated rings. The molecule has 1 N–H and O–H groups in total. The first kappa shape index (κ1) is 14.0. The molecule has 1 aliphatic rings. The van der Waals surface area contributed by atoms with Crippen molar-refractivity contribution in [2.75, 3.05) is 32.8 Å². The molecule has 0 saturated carbocycles. The standard InChI is InChI=1S/C13H18N2O3S/c1-10-2-3-11(19-10)13(17)14-5-4-12(16)15-6-8-18-9-7-15/h2-3H,4-9H2,1H3,(H,14,17). The largest absolute Gasteiger partial charge is 0.378 e. The number of nitrogens with zero attached hydrogens (tertiary/aromatic N) is 1. The number of carbonyl (C=O) groups is 2. The van der Waals surface area contributed by atoms with Gasteiger partial charge in [0, 0.05) is 30.9 Å². The van der Waals surface area contributed by atoms with Crippen LogP contribution < -0.4 is 5.32 Å². The van der Waals surface area contributed by atoms with Crippen LogP contribution in [0.4, 0.5) is 0 Å². The van der Waals surface area contributed by atoms with Crippen molar-refractivity contribution in [1.29, 1.82) is 0 Å². The zero-order chi connectivity index (χ0) is 13.7. The molecule has 0 aliphatic carbocycles. The summed E-state index contributed by atoms with van der Waals surface area (Å²) in [5, 5.41) is 2.78. The first-order chi connectivity index (χ1) is 9.16. The Morgan fingerprint density at radius 1 is 1.37 bits per heavy atom. The number of thiophene rings is 1. The predicted octanol–water partition coefficient (Wildman–Crippen LogP) is 1.04. The van der Waals surface area contributed by atoms with Gasteiger partial charge in [-0.3, -0.25) is 9.59 Å². The molecule has 1 aliphatic heterocycles. The number of amides is 2. The van der Waals surface area contributed by atoms with Gasteiger partial charge in [-0.15, -0.1) is 11.3 Å². The maximum atomic E-state index is 11.8. The Kier molecular flexibility index (Phi) is 4.93. The average molecular weight is 282 g/mol. The van der Waals surface area contributed by atoms with Gasteiger partial charge >= 0.3 is 0 Å². The number of aryl methyl sites for hydroxylation is 1. The number of ether oxygens (including phenoxy) is 1. The van der Waals surface area contributed by atoms with E-state index >= 15 is 0 Å². The molecule has 2 amide bonds. The molecule has 0 aromatic carbocycles. The summed E-state index contributed by atoms with van der Waals surface area (Å²) in [5.74, 6) is -0.0289. The highest BCUT2D eigenvalue weighted by Crippen LogP contribution is 2.14. The van der Waals surface area contributed by atoms with Gasteiger partial charge in [0.2, 0.25) is 5.91 Å². The molecule has 0 atom stereocenters. The van der Waals surface area contributed by atoms with E-state index in [1.807, 2.05) is 13.0 Å². The van der Waals surface area contributed by atoms with E-state index in [1.54, 1.807) is 11.0 Å². The Bertz CT molecular complexity index is 452. The molecule has 2 rings (SSSR count). The minimum atomic E-state index is -0.104. The highest BCUT2D eigenvalue weighted by atomic mass is 32.1. The average Bonchev–Trinajstić information content (AvgIpc) is 2.86. The Balaban J connectivity index is 1.71. The molecule has 5 nitrogen and oxygen atoms in total. The number of nitrogens with one attached hydrogen (secondary N) is 1. The summed E-state index contributed by atoms with van der Waals surface area (Å²) in [6, 6.07) is 3.72. The predicted molar refractivity (Wildman–Crippen MR) is 73.4 cm³/mol. The quantitative estimate of drug-likeness (QED) is 0.897. The van der Waals surface area contributed by atoms with Crippen LogP contribution >= 0.6 is 11.3 Å². The molecule has 0 bridgehead atoms. The maximum Gasteiger partial charge on any atom is 0.261 e. The summed E-state index contributed by atoms with van der Waals surface area (Å²) < 4.78 is 5.19. The molecule has 2 heterocycles. The van der Waals surface area contributed by atoms with Crippen molar-refractivity contribution in [3.63, 3.8) is 0 Å². The van der Waals surface area contributed by atoms with Crippen LogP contribution in [-0.2, 0) is 9.53 Å². The maximum absolute atomic E-state index is 11.8. The van der Waals surface area contributed by atoms with Crippen molar-refractivity contribution >= 4 is 23.2 Å². The topological polar surface area (TPSA) is 58.6 Å². The van der Waals surface area contributed by atoms with Gasteiger partial charge in [0.1, 0.15) is 0 Å². The van der Waals surface area contributed by atoms with Gasteiger partial charge in [-0.25, -0.2) is 0 Å². The summed E-state index contributed by atoms with van der Waals surface area (Å²) in [4.78, 5) is 27.2. The molecule has 0 unspecified atom stereocenters. The van der Waals surface area contributed by atoms with Crippen molar-refractivity contribution < 1.29 is 14.3 Å². The third kappa shape index (κ3) is 4.04. The van der Waals surface area contributed by atoms with Crippen LogP contribution in [0.5, 0.6) is 0 Å². The summed E-state index contributed by atoms with van der Waals surface area (Å²) in [5.41, 5.74) is 0. The lowest BCUT2D eigenvalue weighted by atomic mass is 10.3. The van der Waals surface area contributed by atoms with E-state index < -0.39 is 0 Å². The molecule has 1 aromatic heterocycles. The highest BCUT2D eigenvalue weighted by molar-refractivity contribution is 7.13. The zero-order valence-corrected chi connectivity index (χ0v) is 11.8. The van der Waals surface area contributed by atoms with E-state index in [-0.39, 0.29) is 11.8 Å². The van der Waals surface area contributed by atoms with E-state index in [4.69, 9.17) is 4.74 Å². The number of morpholine rings is 1. The highest BCUT2D eigenvalue weighted by Gasteiger charge is 2.16. The van der Waals surface area contributed by atoms with E-state index in [9.17, 15) is 9.59 Å². The molecule has 0 spiro atoms. The Morgan fingerprint density at radius 3 is 2.74 bits per heavy atom. The summed E-state index contributed by atoms with van der Waals surface area (Å²) in [7, 11) is 0. The lowest BCUT2D eigenvalue weighted by molar-refractivity contribution is -0.135. The SMILES string of the molecule is Cc1ccc(C(=O)NCCC(=O)N2CCOCC2)s1. The van der Waals surface area contributed by atoms with Gasteiger partial charge in [0.25, 0.3) is 5.91 Å². The fourth-order valence-electron chi connectivity index (χ4n) is 1.90. The van der Waals surface area contributed by atoms with Gasteiger partial charge in [-0.2, -0.15) is 0 Å². The summed E-state index contributed by atoms with van der Waals surface area (Å²) >= 11 is 1.46. The summed E-state index contributed by atoms with van der Waals surface area (Å²) in [6.45, 7) is 4.85. The first-order valence-corrected chi connectivity index (χ1v) is 7.18. The molecule has 19 heavy (non-hydrogen) atoms. The van der Waals surface area contributed by atoms with Crippen LogP contribution in [0.25, 0.3) is 0 Å². The number of rotatable bonds is 4. The molecule has 104 valence electrons. The fraction of sp³-hybridized carbons (Fsp3) is 0.538. The van der Waals surface area contributed by atoms with Gasteiger partial charge in [-0.05, 0) is 19.1 Å². The molecule has 1 saturated heterocycles. The smallest absolute Gasteiger partial charge is 0.261 e. The number of hydrogen-bond donors (Lipinski definition) is 1. The van der Waals surface area contributed by atoms with Gasteiger partial charge in [0.05, 0.1) is 18.1 Å². The van der Waals surface area contributed by atoms with Gasteiger partial charge in [0.15, 0.2) is 0 Å². The van der Waals surface area contributed by atoms with Crippen LogP contribution in [-0.4, -0.2) is 49.6 Å². The van der Waals surface area contributed by atoms with Crippen molar-refractivity contribution in [2.24, 2.45) is 0 Å². The second-order valence-corrected chi connectivity index (χ2v) is 5.70. The Labute approximate surface area is 116 Å². The summed E-state index contributed by atoms with van der Waals surface area (Å²) in [6.07, 6.45) is 0.343.